The molecule has 1 nitrogen and oxygen atoms in total. The number of hydrogen-bond acceptors (Lipinski definition) is 1. The van der Waals surface area contributed by atoms with E-state index >= 15 is 0 Å². The second-order valence-electron chi connectivity index (χ2n) is 2.15. The summed E-state index contributed by atoms with van der Waals surface area (Å²) in [5.41, 5.74) is 0. The van der Waals surface area contributed by atoms with E-state index in [4.69, 9.17) is 0 Å². The van der Waals surface area contributed by atoms with E-state index in [2.05, 4.69) is 15.9 Å². The molecule has 1 aromatic rings. The summed E-state index contributed by atoms with van der Waals surface area (Å²) < 4.78 is 11.4. The molecule has 0 bridgehead atoms. The third kappa shape index (κ3) is 2.42. The first-order valence-electron chi connectivity index (χ1n) is 3.31. The van der Waals surface area contributed by atoms with Crippen LogP contribution >= 0.6 is 15.9 Å². The van der Waals surface area contributed by atoms with Crippen LogP contribution in [0.4, 0.5) is 0 Å². The summed E-state index contributed by atoms with van der Waals surface area (Å²) >= 11 is 3.28. The van der Waals surface area contributed by atoms with Crippen molar-refractivity contribution in [2.45, 2.75) is 16.0 Å². The van der Waals surface area contributed by atoms with Gasteiger partial charge >= 0.3 is 0 Å². The minimum absolute atomic E-state index is 0.0184. The third-order valence-electron chi connectivity index (χ3n) is 1.27. The second kappa shape index (κ2) is 4.02. The average Bonchev–Trinajstić information content (AvgIpc) is 2.05. The SMILES string of the molecule is C[C@@H](Br)[S@](=O)c1ccccc1. The molecule has 11 heavy (non-hydrogen) atoms. The van der Waals surface area contributed by atoms with E-state index in [-0.39, 0.29) is 4.16 Å². The zero-order chi connectivity index (χ0) is 8.27. The topological polar surface area (TPSA) is 17.1 Å². The van der Waals surface area contributed by atoms with E-state index in [0.29, 0.717) is 0 Å². The fourth-order valence-electron chi connectivity index (χ4n) is 0.742. The summed E-state index contributed by atoms with van der Waals surface area (Å²) in [6.45, 7) is 1.88. The Morgan fingerprint density at radius 2 is 1.91 bits per heavy atom. The molecule has 0 aliphatic rings. The lowest BCUT2D eigenvalue weighted by molar-refractivity contribution is 0.682. The summed E-state index contributed by atoms with van der Waals surface area (Å²) in [6, 6.07) is 9.44. The first-order valence-corrected chi connectivity index (χ1v) is 5.44. The monoisotopic (exact) mass is 232 g/mol. The Labute approximate surface area is 77.4 Å². The number of benzene rings is 1. The van der Waals surface area contributed by atoms with Crippen molar-refractivity contribution in [2.24, 2.45) is 0 Å². The van der Waals surface area contributed by atoms with Gasteiger partial charge in [0.2, 0.25) is 0 Å². The van der Waals surface area contributed by atoms with Crippen molar-refractivity contribution in [2.75, 3.05) is 0 Å². The van der Waals surface area contributed by atoms with Gasteiger partial charge in [-0.1, -0.05) is 34.1 Å². The van der Waals surface area contributed by atoms with Gasteiger partial charge in [0.1, 0.15) is 0 Å². The summed E-state index contributed by atoms with van der Waals surface area (Å²) in [5.74, 6) is 0. The number of alkyl halides is 1. The molecule has 0 heterocycles. The van der Waals surface area contributed by atoms with Gasteiger partial charge in [-0.3, -0.25) is 4.21 Å². The molecule has 60 valence electrons. The highest BCUT2D eigenvalue weighted by atomic mass is 79.9. The molecule has 0 unspecified atom stereocenters. The lowest BCUT2D eigenvalue weighted by Crippen LogP contribution is -2.01. The van der Waals surface area contributed by atoms with E-state index in [1.165, 1.54) is 0 Å². The molecule has 1 rings (SSSR count). The largest absolute Gasteiger partial charge is 0.253 e. The molecular weight excluding hydrogens is 224 g/mol. The zero-order valence-corrected chi connectivity index (χ0v) is 8.56. The Morgan fingerprint density at radius 3 is 2.36 bits per heavy atom. The normalized spacial score (nSPS) is 15.8. The minimum atomic E-state index is -0.918. The van der Waals surface area contributed by atoms with Crippen molar-refractivity contribution in [3.05, 3.63) is 30.3 Å². The van der Waals surface area contributed by atoms with Gasteiger partial charge in [0, 0.05) is 4.90 Å². The first kappa shape index (κ1) is 8.94. The first-order chi connectivity index (χ1) is 5.22. The highest BCUT2D eigenvalue weighted by Gasteiger charge is 2.07. The second-order valence-corrected chi connectivity index (χ2v) is 5.91. The highest BCUT2D eigenvalue weighted by molar-refractivity contribution is 9.11. The Balaban J connectivity index is 2.86. The van der Waals surface area contributed by atoms with E-state index in [1.54, 1.807) is 0 Å². The van der Waals surface area contributed by atoms with Gasteiger partial charge in [0.05, 0.1) is 15.0 Å². The molecule has 0 aromatic heterocycles. The maximum absolute atomic E-state index is 11.4. The van der Waals surface area contributed by atoms with Gasteiger partial charge in [-0.05, 0) is 19.1 Å². The minimum Gasteiger partial charge on any atom is -0.253 e. The van der Waals surface area contributed by atoms with Crippen molar-refractivity contribution < 1.29 is 4.21 Å². The molecule has 3 heteroatoms. The van der Waals surface area contributed by atoms with Crippen molar-refractivity contribution in [3.8, 4) is 0 Å². The Hall–Kier alpha value is -0.150. The average molecular weight is 233 g/mol. The Kier molecular flexibility index (Phi) is 3.27. The molecule has 0 radical (unpaired) electrons. The molecule has 0 amide bonds. The van der Waals surface area contributed by atoms with E-state index < -0.39 is 10.8 Å². The van der Waals surface area contributed by atoms with Gasteiger partial charge < -0.3 is 0 Å². The van der Waals surface area contributed by atoms with Gasteiger partial charge in [0.15, 0.2) is 0 Å². The third-order valence-corrected chi connectivity index (χ3v) is 3.62. The quantitative estimate of drug-likeness (QED) is 0.717. The predicted molar refractivity (Wildman–Crippen MR) is 51.2 cm³/mol. The smallest absolute Gasteiger partial charge is 0.0917 e. The molecule has 0 aliphatic carbocycles. The van der Waals surface area contributed by atoms with Crippen molar-refractivity contribution >= 4 is 26.7 Å². The molecule has 0 aliphatic heterocycles. The Morgan fingerprint density at radius 1 is 1.36 bits per heavy atom. The predicted octanol–water partition coefficient (Wildman–Crippen LogP) is 2.54. The molecule has 2 atom stereocenters. The van der Waals surface area contributed by atoms with Crippen LogP contribution in [-0.2, 0) is 10.8 Å². The van der Waals surface area contributed by atoms with Crippen LogP contribution in [0.1, 0.15) is 6.92 Å². The van der Waals surface area contributed by atoms with Crippen molar-refractivity contribution in [1.82, 2.24) is 0 Å². The number of halogens is 1. The molecule has 0 saturated heterocycles. The fourth-order valence-corrected chi connectivity index (χ4v) is 2.19. The van der Waals surface area contributed by atoms with E-state index in [0.717, 1.165) is 4.90 Å². The van der Waals surface area contributed by atoms with Gasteiger partial charge in [0.25, 0.3) is 0 Å². The van der Waals surface area contributed by atoms with Crippen LogP contribution in [0.15, 0.2) is 35.2 Å². The summed E-state index contributed by atoms with van der Waals surface area (Å²) in [7, 11) is -0.918. The maximum atomic E-state index is 11.4. The summed E-state index contributed by atoms with van der Waals surface area (Å²) in [4.78, 5) is 0.872. The van der Waals surface area contributed by atoms with Crippen molar-refractivity contribution in [3.63, 3.8) is 0 Å². The zero-order valence-electron chi connectivity index (χ0n) is 6.16. The molecular formula is C8H9BrOS. The van der Waals surface area contributed by atoms with Crippen LogP contribution in [0.3, 0.4) is 0 Å². The molecule has 0 N–H and O–H groups in total. The molecule has 0 saturated carbocycles. The van der Waals surface area contributed by atoms with Gasteiger partial charge in [-0.25, -0.2) is 0 Å². The van der Waals surface area contributed by atoms with Gasteiger partial charge in [-0.15, -0.1) is 0 Å². The number of hydrogen-bond donors (Lipinski definition) is 0. The fraction of sp³-hybridized carbons (Fsp3) is 0.250. The number of rotatable bonds is 2. The van der Waals surface area contributed by atoms with Crippen molar-refractivity contribution in [1.29, 1.82) is 0 Å². The van der Waals surface area contributed by atoms with Crippen LogP contribution in [0.2, 0.25) is 0 Å². The highest BCUT2D eigenvalue weighted by Crippen LogP contribution is 2.13. The lowest BCUT2D eigenvalue weighted by Gasteiger charge is -2.02. The Bertz CT molecular complexity index is 246. The van der Waals surface area contributed by atoms with Crippen LogP contribution in [0.25, 0.3) is 0 Å². The van der Waals surface area contributed by atoms with Crippen LogP contribution in [0.5, 0.6) is 0 Å². The molecule has 1 aromatic carbocycles. The lowest BCUT2D eigenvalue weighted by atomic mass is 10.4. The van der Waals surface area contributed by atoms with Gasteiger partial charge in [-0.2, -0.15) is 0 Å². The summed E-state index contributed by atoms with van der Waals surface area (Å²) in [5, 5.41) is 0. The summed E-state index contributed by atoms with van der Waals surface area (Å²) in [6.07, 6.45) is 0. The van der Waals surface area contributed by atoms with Crippen LogP contribution < -0.4 is 0 Å². The standard InChI is InChI=1S/C8H9BrOS/c1-7(9)11(10)8-5-3-2-4-6-8/h2-7H,1H3/t7-,11-/m0/s1. The van der Waals surface area contributed by atoms with E-state index in [9.17, 15) is 4.21 Å². The van der Waals surface area contributed by atoms with Crippen LogP contribution in [-0.4, -0.2) is 8.37 Å². The molecule has 0 fully saturated rings. The maximum Gasteiger partial charge on any atom is 0.0917 e. The van der Waals surface area contributed by atoms with Crippen LogP contribution in [0, 0.1) is 0 Å². The van der Waals surface area contributed by atoms with E-state index in [1.807, 2.05) is 37.3 Å². The molecule has 0 spiro atoms.